The number of aromatic nitrogens is 2. The summed E-state index contributed by atoms with van der Waals surface area (Å²) in [5.74, 6) is -1.77. The molecule has 0 N–H and O–H groups in total. The minimum absolute atomic E-state index is 0.00219. The number of hydrogen-bond acceptors (Lipinski definition) is 7. The zero-order chi connectivity index (χ0) is 27.6. The number of anilines is 1. The van der Waals surface area contributed by atoms with Gasteiger partial charge in [-0.1, -0.05) is 30.3 Å². The molecule has 1 saturated carbocycles. The second kappa shape index (κ2) is 11.0. The van der Waals surface area contributed by atoms with Crippen LogP contribution in [-0.4, -0.2) is 69.0 Å². The molecule has 0 atom stereocenters. The highest BCUT2D eigenvalue weighted by Crippen LogP contribution is 2.46. The molecule has 39 heavy (non-hydrogen) atoms. The summed E-state index contributed by atoms with van der Waals surface area (Å²) in [4.78, 5) is 15.4. The van der Waals surface area contributed by atoms with E-state index in [-0.39, 0.29) is 42.3 Å². The van der Waals surface area contributed by atoms with Crippen LogP contribution in [0.3, 0.4) is 0 Å². The molecular weight excluding hydrogens is 530 g/mol. The zero-order valence-corrected chi connectivity index (χ0v) is 22.4. The van der Waals surface area contributed by atoms with Gasteiger partial charge in [0.25, 0.3) is 0 Å². The zero-order valence-electron chi connectivity index (χ0n) is 21.6. The summed E-state index contributed by atoms with van der Waals surface area (Å²) in [5, 5.41) is 4.18. The minimum atomic E-state index is -3.53. The Kier molecular flexibility index (Phi) is 7.70. The van der Waals surface area contributed by atoms with Crippen LogP contribution >= 0.6 is 0 Å². The Morgan fingerprint density at radius 1 is 0.974 bits per heavy atom. The van der Waals surface area contributed by atoms with Crippen molar-refractivity contribution in [3.8, 4) is 11.4 Å². The lowest BCUT2D eigenvalue weighted by Crippen LogP contribution is -2.49. The highest BCUT2D eigenvalue weighted by molar-refractivity contribution is 7.88. The largest absolute Gasteiger partial charge is 0.486 e. The third-order valence-electron chi connectivity index (χ3n) is 7.10. The summed E-state index contributed by atoms with van der Waals surface area (Å²) in [6.07, 6.45) is 3.20. The lowest BCUT2D eigenvalue weighted by Gasteiger charge is -2.35. The van der Waals surface area contributed by atoms with E-state index in [0.29, 0.717) is 37.0 Å². The summed E-state index contributed by atoms with van der Waals surface area (Å²) >= 11 is 0. The van der Waals surface area contributed by atoms with E-state index in [1.807, 2.05) is 11.0 Å². The van der Waals surface area contributed by atoms with Gasteiger partial charge in [-0.2, -0.15) is 14.1 Å². The molecule has 12 heteroatoms. The van der Waals surface area contributed by atoms with Gasteiger partial charge in [0.1, 0.15) is 17.3 Å². The van der Waals surface area contributed by atoms with Crippen LogP contribution in [0.25, 0.3) is 5.69 Å². The van der Waals surface area contributed by atoms with Gasteiger partial charge in [0, 0.05) is 44.8 Å². The molecule has 2 fully saturated rings. The Balaban J connectivity index is 1.40. The molecule has 2 heterocycles. The third kappa shape index (κ3) is 6.13. The minimum Gasteiger partial charge on any atom is -0.486 e. The van der Waals surface area contributed by atoms with Crippen molar-refractivity contribution in [1.29, 1.82) is 0 Å². The van der Waals surface area contributed by atoms with Gasteiger partial charge < -0.3 is 14.4 Å². The number of benzene rings is 2. The van der Waals surface area contributed by atoms with E-state index in [2.05, 4.69) is 5.10 Å². The van der Waals surface area contributed by atoms with Gasteiger partial charge in [-0.25, -0.2) is 17.2 Å². The van der Waals surface area contributed by atoms with E-state index in [1.165, 1.54) is 10.5 Å². The van der Waals surface area contributed by atoms with Crippen LogP contribution in [0.5, 0.6) is 5.75 Å². The molecule has 0 unspecified atom stereocenters. The highest BCUT2D eigenvalue weighted by atomic mass is 32.2. The van der Waals surface area contributed by atoms with Crippen molar-refractivity contribution in [2.24, 2.45) is 5.41 Å². The van der Waals surface area contributed by atoms with Gasteiger partial charge >= 0.3 is 5.56 Å². The molecule has 0 bridgehead atoms. The van der Waals surface area contributed by atoms with Crippen molar-refractivity contribution < 1.29 is 26.7 Å². The third-order valence-corrected chi connectivity index (χ3v) is 8.95. The smallest absolute Gasteiger partial charge is 0.316 e. The maximum absolute atomic E-state index is 13.9. The highest BCUT2D eigenvalue weighted by Gasteiger charge is 2.44. The van der Waals surface area contributed by atoms with Crippen molar-refractivity contribution in [3.05, 3.63) is 82.3 Å². The van der Waals surface area contributed by atoms with E-state index in [0.717, 1.165) is 29.7 Å². The molecule has 5 rings (SSSR count). The number of methoxy groups -OCH3 is 1. The molecule has 0 amide bonds. The summed E-state index contributed by atoms with van der Waals surface area (Å²) < 4.78 is 67.5. The molecule has 1 aliphatic heterocycles. The van der Waals surface area contributed by atoms with Gasteiger partial charge in [-0.3, -0.25) is 4.79 Å². The van der Waals surface area contributed by atoms with Crippen LogP contribution in [0.4, 0.5) is 14.5 Å². The summed E-state index contributed by atoms with van der Waals surface area (Å²) in [7, 11) is -1.92. The van der Waals surface area contributed by atoms with Crippen molar-refractivity contribution in [2.75, 3.05) is 51.4 Å². The summed E-state index contributed by atoms with van der Waals surface area (Å²) in [6, 6.07) is 11.7. The summed E-state index contributed by atoms with van der Waals surface area (Å²) in [5.41, 5.74) is 0.194. The van der Waals surface area contributed by atoms with Crippen LogP contribution in [0.1, 0.15) is 18.4 Å². The van der Waals surface area contributed by atoms with Gasteiger partial charge in [0.2, 0.25) is 15.8 Å². The number of halogens is 2. The maximum Gasteiger partial charge on any atom is 0.316 e. The molecule has 2 aliphatic rings. The second-order valence-electron chi connectivity index (χ2n) is 10.1. The quantitative estimate of drug-likeness (QED) is 0.376. The first-order valence-corrected chi connectivity index (χ1v) is 14.3. The molecular formula is C27H30F2N4O5S. The van der Waals surface area contributed by atoms with Gasteiger partial charge in [-0.05, 0) is 30.5 Å². The standard InChI is InChI=1S/C27H30F2N4O5S/c1-37-18-27(7-8-27)19-38-25-24(16-30-33(26(25)34)23-14-21(28)13-22(29)15-23)31-9-11-32(12-10-31)39(35,36)17-20-5-3-2-4-6-20/h2-6,13-16H,7-12,17-19H2,1H3. The fourth-order valence-electron chi connectivity index (χ4n) is 4.76. The van der Waals surface area contributed by atoms with Crippen molar-refractivity contribution in [2.45, 2.75) is 18.6 Å². The van der Waals surface area contributed by atoms with Crippen LogP contribution in [-0.2, 0) is 20.5 Å². The predicted octanol–water partition coefficient (Wildman–Crippen LogP) is 2.97. The number of nitrogens with zero attached hydrogens (tertiary/aromatic N) is 4. The molecule has 1 saturated heterocycles. The number of piperazine rings is 1. The van der Waals surface area contributed by atoms with E-state index in [4.69, 9.17) is 9.47 Å². The molecule has 3 aromatic rings. The average molecular weight is 561 g/mol. The van der Waals surface area contributed by atoms with Gasteiger partial charge in [0.15, 0.2) is 0 Å². The molecule has 1 aromatic heterocycles. The number of ether oxygens (including phenoxy) is 2. The maximum atomic E-state index is 13.9. The molecule has 2 aromatic carbocycles. The monoisotopic (exact) mass is 560 g/mol. The normalized spacial score (nSPS) is 17.3. The van der Waals surface area contributed by atoms with E-state index in [1.54, 1.807) is 31.4 Å². The topological polar surface area (TPSA) is 94.0 Å². The fourth-order valence-corrected chi connectivity index (χ4v) is 6.27. The van der Waals surface area contributed by atoms with Crippen molar-refractivity contribution >= 4 is 15.7 Å². The number of rotatable bonds is 10. The number of hydrogen-bond donors (Lipinski definition) is 0. The second-order valence-corrected chi connectivity index (χ2v) is 12.0. The number of sulfonamides is 1. The van der Waals surface area contributed by atoms with Crippen LogP contribution in [0, 0.1) is 17.0 Å². The first-order valence-electron chi connectivity index (χ1n) is 12.7. The lowest BCUT2D eigenvalue weighted by atomic mass is 10.1. The van der Waals surface area contributed by atoms with Crippen LogP contribution < -0.4 is 15.2 Å². The molecule has 9 nitrogen and oxygen atoms in total. The first kappa shape index (κ1) is 27.2. The Hall–Kier alpha value is -3.35. The Bertz CT molecular complexity index is 1470. The first-order chi connectivity index (χ1) is 18.7. The molecule has 1 aliphatic carbocycles. The van der Waals surface area contributed by atoms with Crippen molar-refractivity contribution in [3.63, 3.8) is 0 Å². The predicted molar refractivity (Wildman–Crippen MR) is 142 cm³/mol. The average Bonchev–Trinajstić information content (AvgIpc) is 3.67. The molecule has 208 valence electrons. The Morgan fingerprint density at radius 3 is 2.26 bits per heavy atom. The van der Waals surface area contributed by atoms with Crippen molar-refractivity contribution in [1.82, 2.24) is 14.1 Å². The molecule has 0 radical (unpaired) electrons. The lowest BCUT2D eigenvalue weighted by molar-refractivity contribution is 0.104. The van der Waals surface area contributed by atoms with Gasteiger partial charge in [-0.15, -0.1) is 0 Å². The Labute approximate surface area is 225 Å². The molecule has 0 spiro atoms. The summed E-state index contributed by atoms with van der Waals surface area (Å²) in [6.45, 7) is 1.78. The van der Waals surface area contributed by atoms with E-state index < -0.39 is 27.2 Å². The van der Waals surface area contributed by atoms with Crippen LogP contribution in [0.2, 0.25) is 0 Å². The van der Waals surface area contributed by atoms with E-state index >= 15 is 0 Å². The van der Waals surface area contributed by atoms with Crippen LogP contribution in [0.15, 0.2) is 59.5 Å². The van der Waals surface area contributed by atoms with Gasteiger partial charge in [0.05, 0.1) is 30.9 Å². The fraction of sp³-hybridized carbons (Fsp3) is 0.407. The Morgan fingerprint density at radius 2 is 1.64 bits per heavy atom. The van der Waals surface area contributed by atoms with E-state index in [9.17, 15) is 22.0 Å². The SMILES string of the molecule is COCC1(COc2c(N3CCN(S(=O)(=O)Cc4ccccc4)CC3)cnn(-c3cc(F)cc(F)c3)c2=O)CC1.